The molecule has 0 saturated heterocycles. The lowest BCUT2D eigenvalue weighted by atomic mass is 10.2. The summed E-state index contributed by atoms with van der Waals surface area (Å²) in [5.41, 5.74) is 7.78. The molecule has 2 aromatic rings. The van der Waals surface area contributed by atoms with Crippen LogP contribution < -0.4 is 5.73 Å². The highest BCUT2D eigenvalue weighted by Gasteiger charge is 2.05. The number of pyridine rings is 1. The summed E-state index contributed by atoms with van der Waals surface area (Å²) < 4.78 is 1.78. The van der Waals surface area contributed by atoms with Crippen LogP contribution in [0.1, 0.15) is 11.1 Å². The first-order valence-corrected chi connectivity index (χ1v) is 5.83. The maximum atomic E-state index is 5.56. The number of hydrogen-bond donors (Lipinski definition) is 1. The lowest BCUT2D eigenvalue weighted by Gasteiger charge is -2.04. The van der Waals surface area contributed by atoms with Crippen LogP contribution in [-0.4, -0.2) is 14.8 Å². The van der Waals surface area contributed by atoms with Crippen LogP contribution in [0.2, 0.25) is 0 Å². The second-order valence-corrected chi connectivity index (χ2v) is 4.68. The molecule has 0 aliphatic heterocycles. The van der Waals surface area contributed by atoms with E-state index < -0.39 is 0 Å². The fourth-order valence-electron chi connectivity index (χ4n) is 1.40. The number of aryl methyl sites for hydroxylation is 2. The summed E-state index contributed by atoms with van der Waals surface area (Å²) >= 11 is 1.62. The molecule has 0 bridgehead atoms. The van der Waals surface area contributed by atoms with E-state index in [2.05, 4.69) is 16.1 Å². The van der Waals surface area contributed by atoms with E-state index in [4.69, 9.17) is 5.73 Å². The van der Waals surface area contributed by atoms with Crippen molar-refractivity contribution in [3.8, 4) is 0 Å². The van der Waals surface area contributed by atoms with Crippen molar-refractivity contribution in [1.82, 2.24) is 14.8 Å². The minimum absolute atomic E-state index is 0.533. The molecule has 0 fully saturated rings. The molecule has 2 heterocycles. The molecule has 2 N–H and O–H groups in total. The zero-order chi connectivity index (χ0) is 11.5. The van der Waals surface area contributed by atoms with Crippen LogP contribution in [0.3, 0.4) is 0 Å². The third-order valence-electron chi connectivity index (χ3n) is 2.22. The summed E-state index contributed by atoms with van der Waals surface area (Å²) in [5.74, 6) is 0. The van der Waals surface area contributed by atoms with Gasteiger partial charge >= 0.3 is 0 Å². The summed E-state index contributed by atoms with van der Waals surface area (Å²) in [4.78, 5) is 5.50. The minimum atomic E-state index is 0.533. The van der Waals surface area contributed by atoms with Crippen LogP contribution in [0.5, 0.6) is 0 Å². The van der Waals surface area contributed by atoms with E-state index in [1.54, 1.807) is 16.4 Å². The minimum Gasteiger partial charge on any atom is -0.326 e. The van der Waals surface area contributed by atoms with Gasteiger partial charge in [-0.15, -0.1) is 0 Å². The topological polar surface area (TPSA) is 56.7 Å². The standard InChI is InChI=1S/C11H14N4S/c1-8-3-9(4-12)5-13-11(8)16-10-6-14-15(2)7-10/h3,5-7H,4,12H2,1-2H3. The molecule has 0 radical (unpaired) electrons. The van der Waals surface area contributed by atoms with E-state index in [1.807, 2.05) is 32.6 Å². The number of hydrogen-bond acceptors (Lipinski definition) is 4. The Labute approximate surface area is 98.9 Å². The van der Waals surface area contributed by atoms with Crippen molar-refractivity contribution >= 4 is 11.8 Å². The molecule has 16 heavy (non-hydrogen) atoms. The van der Waals surface area contributed by atoms with Crippen LogP contribution in [0.25, 0.3) is 0 Å². The summed E-state index contributed by atoms with van der Waals surface area (Å²) in [6, 6.07) is 2.08. The molecule has 0 atom stereocenters. The molecule has 2 aromatic heterocycles. The Balaban J connectivity index is 2.21. The molecular weight excluding hydrogens is 220 g/mol. The molecule has 0 unspecified atom stereocenters. The monoisotopic (exact) mass is 234 g/mol. The third kappa shape index (κ3) is 2.43. The summed E-state index contributed by atoms with van der Waals surface area (Å²) in [6.07, 6.45) is 5.64. The number of nitrogens with zero attached hydrogens (tertiary/aromatic N) is 3. The predicted octanol–water partition coefficient (Wildman–Crippen LogP) is 1.73. The first-order chi connectivity index (χ1) is 7.69. The summed E-state index contributed by atoms with van der Waals surface area (Å²) in [6.45, 7) is 2.58. The Hall–Kier alpha value is -1.33. The summed E-state index contributed by atoms with van der Waals surface area (Å²) in [7, 11) is 1.90. The van der Waals surface area contributed by atoms with Gasteiger partial charge in [0.15, 0.2) is 0 Å². The van der Waals surface area contributed by atoms with Gasteiger partial charge in [0.25, 0.3) is 0 Å². The Morgan fingerprint density at radius 1 is 1.44 bits per heavy atom. The zero-order valence-electron chi connectivity index (χ0n) is 9.34. The first kappa shape index (κ1) is 11.2. The first-order valence-electron chi connectivity index (χ1n) is 5.01. The second kappa shape index (κ2) is 4.67. The van der Waals surface area contributed by atoms with Crippen LogP contribution >= 0.6 is 11.8 Å². The third-order valence-corrected chi connectivity index (χ3v) is 3.29. The Morgan fingerprint density at radius 2 is 2.25 bits per heavy atom. The largest absolute Gasteiger partial charge is 0.326 e. The highest BCUT2D eigenvalue weighted by molar-refractivity contribution is 7.99. The highest BCUT2D eigenvalue weighted by atomic mass is 32.2. The molecule has 0 amide bonds. The van der Waals surface area contributed by atoms with Crippen molar-refractivity contribution in [2.75, 3.05) is 0 Å². The molecule has 2 rings (SSSR count). The van der Waals surface area contributed by atoms with Crippen LogP contribution in [-0.2, 0) is 13.6 Å². The average Bonchev–Trinajstić information content (AvgIpc) is 2.67. The average molecular weight is 234 g/mol. The smallest absolute Gasteiger partial charge is 0.104 e. The molecule has 0 spiro atoms. The van der Waals surface area contributed by atoms with Crippen molar-refractivity contribution in [3.63, 3.8) is 0 Å². The van der Waals surface area contributed by atoms with E-state index in [9.17, 15) is 0 Å². The van der Waals surface area contributed by atoms with Crippen molar-refractivity contribution in [1.29, 1.82) is 0 Å². The van der Waals surface area contributed by atoms with Crippen molar-refractivity contribution in [3.05, 3.63) is 35.8 Å². The summed E-state index contributed by atoms with van der Waals surface area (Å²) in [5, 5.41) is 5.13. The Morgan fingerprint density at radius 3 is 2.81 bits per heavy atom. The van der Waals surface area contributed by atoms with E-state index in [1.165, 1.54) is 0 Å². The number of nitrogens with two attached hydrogens (primary N) is 1. The molecule has 0 aliphatic rings. The van der Waals surface area contributed by atoms with Crippen molar-refractivity contribution < 1.29 is 0 Å². The van der Waals surface area contributed by atoms with Crippen LogP contribution in [0.15, 0.2) is 34.6 Å². The van der Waals surface area contributed by atoms with Gasteiger partial charge in [-0.1, -0.05) is 17.8 Å². The van der Waals surface area contributed by atoms with E-state index in [0.717, 1.165) is 21.0 Å². The molecule has 0 aliphatic carbocycles. The molecular formula is C11H14N4S. The molecule has 5 heteroatoms. The highest BCUT2D eigenvalue weighted by Crippen LogP contribution is 2.27. The van der Waals surface area contributed by atoms with E-state index >= 15 is 0 Å². The lowest BCUT2D eigenvalue weighted by molar-refractivity contribution is 0.766. The van der Waals surface area contributed by atoms with E-state index in [0.29, 0.717) is 6.54 Å². The van der Waals surface area contributed by atoms with Gasteiger partial charge in [-0.05, 0) is 18.1 Å². The van der Waals surface area contributed by atoms with Crippen LogP contribution in [0, 0.1) is 6.92 Å². The fourth-order valence-corrected chi connectivity index (χ4v) is 2.26. The molecule has 0 saturated carbocycles. The van der Waals surface area contributed by atoms with Gasteiger partial charge in [0.1, 0.15) is 5.03 Å². The normalized spacial score (nSPS) is 10.7. The molecule has 4 nitrogen and oxygen atoms in total. The SMILES string of the molecule is Cc1cc(CN)cnc1Sc1cnn(C)c1. The Bertz CT molecular complexity index is 492. The van der Waals surface area contributed by atoms with Gasteiger partial charge < -0.3 is 5.73 Å². The van der Waals surface area contributed by atoms with E-state index in [-0.39, 0.29) is 0 Å². The van der Waals surface area contributed by atoms with Gasteiger partial charge in [-0.3, -0.25) is 4.68 Å². The number of aromatic nitrogens is 3. The maximum Gasteiger partial charge on any atom is 0.104 e. The van der Waals surface area contributed by atoms with Gasteiger partial charge in [-0.2, -0.15) is 5.10 Å². The van der Waals surface area contributed by atoms with Crippen molar-refractivity contribution in [2.24, 2.45) is 12.8 Å². The van der Waals surface area contributed by atoms with Crippen LogP contribution in [0.4, 0.5) is 0 Å². The quantitative estimate of drug-likeness (QED) is 0.878. The second-order valence-electron chi connectivity index (χ2n) is 3.62. The molecule has 0 aromatic carbocycles. The van der Waals surface area contributed by atoms with Gasteiger partial charge in [-0.25, -0.2) is 4.98 Å². The molecule has 84 valence electrons. The van der Waals surface area contributed by atoms with Crippen molar-refractivity contribution in [2.45, 2.75) is 23.4 Å². The van der Waals surface area contributed by atoms with Gasteiger partial charge in [0.2, 0.25) is 0 Å². The number of rotatable bonds is 3. The lowest BCUT2D eigenvalue weighted by Crippen LogP contribution is -1.98. The maximum absolute atomic E-state index is 5.56. The van der Waals surface area contributed by atoms with Gasteiger partial charge in [0, 0.05) is 26.0 Å². The fraction of sp³-hybridized carbons (Fsp3) is 0.273. The Kier molecular flexibility index (Phi) is 3.26. The zero-order valence-corrected chi connectivity index (χ0v) is 10.2. The predicted molar refractivity (Wildman–Crippen MR) is 64.2 cm³/mol. The van der Waals surface area contributed by atoms with Gasteiger partial charge in [0.05, 0.1) is 11.1 Å².